The van der Waals surface area contributed by atoms with Crippen LogP contribution in [0.1, 0.15) is 12.5 Å². The summed E-state index contributed by atoms with van der Waals surface area (Å²) in [6.45, 7) is 1.45. The van der Waals surface area contributed by atoms with Gasteiger partial charge in [-0.15, -0.1) is 0 Å². The number of rotatable bonds is 5. The van der Waals surface area contributed by atoms with E-state index in [1.807, 2.05) is 0 Å². The van der Waals surface area contributed by atoms with Gasteiger partial charge in [0.25, 0.3) is 0 Å². The maximum Gasteiger partial charge on any atom is 0.419 e. The summed E-state index contributed by atoms with van der Waals surface area (Å²) in [7, 11) is 1.18. The first kappa shape index (κ1) is 22.3. The van der Waals surface area contributed by atoms with Gasteiger partial charge in [-0.1, -0.05) is 24.3 Å². The van der Waals surface area contributed by atoms with Crippen molar-refractivity contribution in [2.24, 2.45) is 0 Å². The van der Waals surface area contributed by atoms with Crippen molar-refractivity contribution >= 4 is 16.7 Å². The van der Waals surface area contributed by atoms with Crippen molar-refractivity contribution in [3.63, 3.8) is 0 Å². The lowest BCUT2D eigenvalue weighted by molar-refractivity contribution is -0.147. The zero-order valence-corrected chi connectivity index (χ0v) is 16.0. The molecule has 0 radical (unpaired) electrons. The Balaban J connectivity index is 2.05. The van der Waals surface area contributed by atoms with Crippen LogP contribution in [-0.4, -0.2) is 19.2 Å². The van der Waals surface area contributed by atoms with E-state index in [0.717, 1.165) is 0 Å². The molecule has 31 heavy (non-hydrogen) atoms. The molecule has 0 aliphatic rings. The zero-order valence-electron chi connectivity index (χ0n) is 16.0. The summed E-state index contributed by atoms with van der Waals surface area (Å²) in [5.74, 6) is -8.06. The highest BCUT2D eigenvalue weighted by Gasteiger charge is 2.38. The summed E-state index contributed by atoms with van der Waals surface area (Å²) < 4.78 is 95.7. The molecule has 0 fully saturated rings. The van der Waals surface area contributed by atoms with Crippen LogP contribution in [0.5, 0.6) is 17.2 Å². The monoisotopic (exact) mass is 444 g/mol. The minimum absolute atomic E-state index is 0.175. The van der Waals surface area contributed by atoms with E-state index in [4.69, 9.17) is 9.47 Å². The molecule has 3 aromatic carbocycles. The molecule has 10 heteroatoms. The summed E-state index contributed by atoms with van der Waals surface area (Å²) in [6, 6.07) is 8.58. The summed E-state index contributed by atoms with van der Waals surface area (Å²) in [5.41, 5.74) is -2.08. The van der Waals surface area contributed by atoms with Gasteiger partial charge in [-0.3, -0.25) is 0 Å². The number of hydrogen-bond acceptors (Lipinski definition) is 4. The number of ether oxygens (including phenoxy) is 3. The number of hydrogen-bond donors (Lipinski definition) is 0. The van der Waals surface area contributed by atoms with E-state index < -0.39 is 47.0 Å². The first-order valence-electron chi connectivity index (χ1n) is 8.73. The van der Waals surface area contributed by atoms with Crippen LogP contribution in [0.15, 0.2) is 42.5 Å². The molecule has 0 aliphatic heterocycles. The number of alkyl halides is 3. The predicted octanol–water partition coefficient (Wildman–Crippen LogP) is 6.01. The second-order valence-electron chi connectivity index (χ2n) is 6.35. The zero-order chi connectivity index (χ0) is 22.9. The second kappa shape index (κ2) is 8.37. The first-order chi connectivity index (χ1) is 14.5. The number of carbonyl (C=O) groups excluding carboxylic acids is 1. The maximum atomic E-state index is 14.2. The van der Waals surface area contributed by atoms with Crippen LogP contribution in [0.2, 0.25) is 0 Å². The maximum absolute atomic E-state index is 14.2. The molecule has 0 N–H and O–H groups in total. The van der Waals surface area contributed by atoms with Crippen molar-refractivity contribution in [3.8, 4) is 17.2 Å². The van der Waals surface area contributed by atoms with E-state index in [2.05, 4.69) is 4.74 Å². The van der Waals surface area contributed by atoms with Gasteiger partial charge < -0.3 is 14.2 Å². The van der Waals surface area contributed by atoms with Gasteiger partial charge in [0.15, 0.2) is 17.7 Å². The molecule has 0 bridgehead atoms. The molecule has 0 heterocycles. The normalized spacial score (nSPS) is 12.5. The molecule has 1 atom stereocenters. The molecular weight excluding hydrogens is 430 g/mol. The standard InChI is InChI=1S/C21H14F6O4/c1-10(20(28)29-2)30-15-7-3-6-12-11(15)5-4-8-16(12)31-19-14(22)9-13(21(25,26)27)17(23)18(19)24/h3-10H,1-2H3. The Morgan fingerprint density at radius 3 is 2.10 bits per heavy atom. The van der Waals surface area contributed by atoms with Crippen LogP contribution in [0.25, 0.3) is 10.8 Å². The largest absolute Gasteiger partial charge is 0.478 e. The summed E-state index contributed by atoms with van der Waals surface area (Å²) >= 11 is 0. The van der Waals surface area contributed by atoms with Crippen molar-refractivity contribution < 1.29 is 45.3 Å². The van der Waals surface area contributed by atoms with E-state index in [1.165, 1.54) is 44.4 Å². The van der Waals surface area contributed by atoms with E-state index >= 15 is 0 Å². The first-order valence-corrected chi connectivity index (χ1v) is 8.73. The van der Waals surface area contributed by atoms with Crippen LogP contribution >= 0.6 is 0 Å². The van der Waals surface area contributed by atoms with E-state index in [1.54, 1.807) is 6.07 Å². The summed E-state index contributed by atoms with van der Waals surface area (Å²) in [5, 5.41) is 0.611. The lowest BCUT2D eigenvalue weighted by Crippen LogP contribution is -2.24. The highest BCUT2D eigenvalue weighted by Crippen LogP contribution is 2.40. The van der Waals surface area contributed by atoms with Crippen LogP contribution in [0.3, 0.4) is 0 Å². The average molecular weight is 444 g/mol. The van der Waals surface area contributed by atoms with E-state index in [-0.39, 0.29) is 23.0 Å². The second-order valence-corrected chi connectivity index (χ2v) is 6.35. The van der Waals surface area contributed by atoms with Crippen LogP contribution in [0, 0.1) is 17.5 Å². The highest BCUT2D eigenvalue weighted by molar-refractivity contribution is 5.93. The Morgan fingerprint density at radius 1 is 0.935 bits per heavy atom. The third-order valence-corrected chi connectivity index (χ3v) is 4.31. The number of esters is 1. The number of carbonyl (C=O) groups is 1. The van der Waals surface area contributed by atoms with E-state index in [9.17, 15) is 31.1 Å². The molecule has 164 valence electrons. The quantitative estimate of drug-likeness (QED) is 0.275. The lowest BCUT2D eigenvalue weighted by atomic mass is 10.1. The van der Waals surface area contributed by atoms with Crippen LogP contribution < -0.4 is 9.47 Å². The molecular formula is C21H14F6O4. The summed E-state index contributed by atoms with van der Waals surface area (Å²) in [4.78, 5) is 11.6. The van der Waals surface area contributed by atoms with Gasteiger partial charge in [0, 0.05) is 10.8 Å². The van der Waals surface area contributed by atoms with Gasteiger partial charge in [0.1, 0.15) is 11.5 Å². The Hall–Kier alpha value is -3.43. The smallest absolute Gasteiger partial charge is 0.419 e. The predicted molar refractivity (Wildman–Crippen MR) is 97.4 cm³/mol. The number of fused-ring (bicyclic) bond motifs is 1. The van der Waals surface area contributed by atoms with E-state index in [0.29, 0.717) is 5.39 Å². The van der Waals surface area contributed by atoms with Gasteiger partial charge >= 0.3 is 12.1 Å². The number of halogens is 6. The molecule has 0 saturated carbocycles. The fraction of sp³-hybridized carbons (Fsp3) is 0.190. The molecule has 3 aromatic rings. The van der Waals surface area contributed by atoms with Gasteiger partial charge in [-0.05, 0) is 25.1 Å². The van der Waals surface area contributed by atoms with Crippen LogP contribution in [0.4, 0.5) is 26.3 Å². The summed E-state index contributed by atoms with van der Waals surface area (Å²) in [6.07, 6.45) is -6.26. The minimum atomic E-state index is -5.29. The van der Waals surface area contributed by atoms with Crippen molar-refractivity contribution in [2.75, 3.05) is 7.11 Å². The molecule has 4 nitrogen and oxygen atoms in total. The molecule has 3 rings (SSSR count). The van der Waals surface area contributed by atoms with Gasteiger partial charge in [-0.2, -0.15) is 17.6 Å². The Morgan fingerprint density at radius 2 is 1.52 bits per heavy atom. The number of benzene rings is 3. The van der Waals surface area contributed by atoms with Crippen molar-refractivity contribution in [2.45, 2.75) is 19.2 Å². The van der Waals surface area contributed by atoms with Crippen LogP contribution in [-0.2, 0) is 15.7 Å². The third kappa shape index (κ3) is 4.37. The fourth-order valence-corrected chi connectivity index (χ4v) is 2.84. The molecule has 0 spiro atoms. The Labute approximate surface area is 171 Å². The van der Waals surface area contributed by atoms with Gasteiger partial charge in [0.05, 0.1) is 12.7 Å². The molecule has 0 amide bonds. The Kier molecular flexibility index (Phi) is 6.01. The molecule has 0 aromatic heterocycles. The van der Waals surface area contributed by atoms with Crippen molar-refractivity contribution in [1.82, 2.24) is 0 Å². The third-order valence-electron chi connectivity index (χ3n) is 4.31. The van der Waals surface area contributed by atoms with Crippen molar-refractivity contribution in [1.29, 1.82) is 0 Å². The Bertz CT molecular complexity index is 1140. The fourth-order valence-electron chi connectivity index (χ4n) is 2.84. The number of methoxy groups -OCH3 is 1. The van der Waals surface area contributed by atoms with Gasteiger partial charge in [0.2, 0.25) is 11.6 Å². The minimum Gasteiger partial charge on any atom is -0.478 e. The molecule has 0 aliphatic carbocycles. The van der Waals surface area contributed by atoms with Crippen molar-refractivity contribution in [3.05, 3.63) is 65.5 Å². The highest BCUT2D eigenvalue weighted by atomic mass is 19.4. The average Bonchev–Trinajstić information content (AvgIpc) is 2.72. The lowest BCUT2D eigenvalue weighted by Gasteiger charge is -2.16. The molecule has 1 unspecified atom stereocenters. The molecule has 0 saturated heterocycles. The van der Waals surface area contributed by atoms with Gasteiger partial charge in [-0.25, -0.2) is 13.6 Å². The SMILES string of the molecule is COC(=O)C(C)Oc1cccc2c(Oc3c(F)cc(C(F)(F)F)c(F)c3F)cccc12. The topological polar surface area (TPSA) is 44.8 Å².